The lowest BCUT2D eigenvalue weighted by molar-refractivity contribution is -0.248. The predicted molar refractivity (Wildman–Crippen MR) is 148 cm³/mol. The third kappa shape index (κ3) is 2.72. The molecule has 7 rings (SSSR count). The Balaban J connectivity index is 1.28. The van der Waals surface area contributed by atoms with Crippen molar-refractivity contribution in [3.8, 4) is 0 Å². The topological polar surface area (TPSA) is 65.3 Å². The molecule has 3 spiro atoms. The van der Waals surface area contributed by atoms with Crippen molar-refractivity contribution in [3.05, 3.63) is 53.6 Å². The lowest BCUT2D eigenvalue weighted by atomic mass is 9.57. The van der Waals surface area contributed by atoms with E-state index in [2.05, 4.69) is 53.7 Å². The van der Waals surface area contributed by atoms with Crippen molar-refractivity contribution in [2.75, 3.05) is 14.1 Å². The summed E-state index contributed by atoms with van der Waals surface area (Å²) in [6, 6.07) is 6.49. The fraction of sp³-hybridized carbons (Fsp3) is 0.594. The van der Waals surface area contributed by atoms with E-state index < -0.39 is 12.2 Å². The normalized spacial score (nSPS) is 47.2. The molecule has 2 saturated carbocycles. The van der Waals surface area contributed by atoms with Crippen LogP contribution in [0, 0.1) is 22.7 Å². The lowest BCUT2D eigenvalue weighted by Gasteiger charge is -2.59. The van der Waals surface area contributed by atoms with Crippen LogP contribution >= 0.6 is 0 Å². The van der Waals surface area contributed by atoms with Gasteiger partial charge in [-0.15, -0.1) is 0 Å². The second-order valence-corrected chi connectivity index (χ2v) is 13.0. The zero-order chi connectivity index (χ0) is 26.0. The van der Waals surface area contributed by atoms with Crippen LogP contribution in [0.15, 0.2) is 47.5 Å². The largest absolute Gasteiger partial charge is 0.390 e. The first kappa shape index (κ1) is 24.0. The highest BCUT2D eigenvalue weighted by atomic mass is 16.5. The van der Waals surface area contributed by atoms with Crippen molar-refractivity contribution in [1.82, 2.24) is 4.90 Å². The van der Waals surface area contributed by atoms with Gasteiger partial charge in [0.25, 0.3) is 0 Å². The minimum absolute atomic E-state index is 0.00829. The number of ether oxygens (including phenoxy) is 1. The van der Waals surface area contributed by atoms with Crippen LogP contribution in [0.5, 0.6) is 0 Å². The third-order valence-corrected chi connectivity index (χ3v) is 11.5. The van der Waals surface area contributed by atoms with E-state index in [4.69, 9.17) is 4.74 Å². The van der Waals surface area contributed by atoms with Crippen molar-refractivity contribution < 1.29 is 14.9 Å². The Morgan fingerprint density at radius 1 is 1.16 bits per heavy atom. The van der Waals surface area contributed by atoms with Crippen LogP contribution in [0.25, 0.3) is 11.6 Å². The highest BCUT2D eigenvalue weighted by Gasteiger charge is 2.84. The molecular formula is C32H40N2O3. The number of fused-ring (bicyclic) bond motifs is 2. The monoisotopic (exact) mass is 500 g/mol. The van der Waals surface area contributed by atoms with E-state index in [1.165, 1.54) is 16.7 Å². The molecular weight excluding hydrogens is 460 g/mol. The Morgan fingerprint density at radius 2 is 1.97 bits per heavy atom. The standard InChI is InChI=1S/C32H40N2O3/c1-6-19-16-20(8-10-24(19)33-7-2)21-9-11-26-29(21,3)13-12-22-23-17-31(23)28(36)27(35)25(34(4)5)18-30(31)14-15-32(22,26)37-30/h6-10,12,16,23,25-28,35-36H,1,11,13-15,17-18H2,2-5H3. The zero-order valence-corrected chi connectivity index (χ0v) is 22.6. The minimum atomic E-state index is -0.733. The summed E-state index contributed by atoms with van der Waals surface area (Å²) in [7, 11) is 4.02. The lowest BCUT2D eigenvalue weighted by Crippen LogP contribution is -2.67. The number of aliphatic hydroxyl groups excluding tert-OH is 2. The summed E-state index contributed by atoms with van der Waals surface area (Å²) in [6.45, 7) is 8.42. The van der Waals surface area contributed by atoms with Gasteiger partial charge in [-0.25, -0.2) is 0 Å². The van der Waals surface area contributed by atoms with Crippen LogP contribution in [0.3, 0.4) is 0 Å². The summed E-state index contributed by atoms with van der Waals surface area (Å²) < 4.78 is 7.45. The van der Waals surface area contributed by atoms with Crippen LogP contribution in [0.4, 0.5) is 5.69 Å². The van der Waals surface area contributed by atoms with Crippen molar-refractivity contribution in [1.29, 1.82) is 0 Å². The van der Waals surface area contributed by atoms with Crippen molar-refractivity contribution in [3.63, 3.8) is 0 Å². The molecule has 1 aromatic carbocycles. The van der Waals surface area contributed by atoms with E-state index in [0.29, 0.717) is 11.8 Å². The summed E-state index contributed by atoms with van der Waals surface area (Å²) in [5.74, 6) is 0.721. The van der Waals surface area contributed by atoms with Crippen LogP contribution < -0.4 is 0 Å². The summed E-state index contributed by atoms with van der Waals surface area (Å²) in [6.07, 6.45) is 13.0. The molecule has 2 saturated heterocycles. The Kier molecular flexibility index (Phi) is 4.89. The molecule has 37 heavy (non-hydrogen) atoms. The van der Waals surface area contributed by atoms with E-state index in [0.717, 1.165) is 49.8 Å². The molecule has 196 valence electrons. The Labute approximate surface area is 220 Å². The number of aliphatic hydroxyl groups is 2. The maximum Gasteiger partial charge on any atom is 0.0961 e. The van der Waals surface area contributed by atoms with Gasteiger partial charge >= 0.3 is 0 Å². The van der Waals surface area contributed by atoms with Gasteiger partial charge in [0.2, 0.25) is 0 Å². The number of hydrogen-bond acceptors (Lipinski definition) is 5. The third-order valence-electron chi connectivity index (χ3n) is 11.5. The molecule has 4 aliphatic carbocycles. The number of hydrogen-bond donors (Lipinski definition) is 2. The number of aliphatic imine (C=N–C) groups is 1. The molecule has 9 atom stereocenters. The van der Waals surface area contributed by atoms with Gasteiger partial charge in [0, 0.05) is 34.6 Å². The fourth-order valence-corrected chi connectivity index (χ4v) is 9.77. The molecule has 2 bridgehead atoms. The van der Waals surface area contributed by atoms with Gasteiger partial charge in [-0.1, -0.05) is 37.8 Å². The summed E-state index contributed by atoms with van der Waals surface area (Å²) >= 11 is 0. The summed E-state index contributed by atoms with van der Waals surface area (Å²) in [5, 5.41) is 22.6. The van der Waals surface area contributed by atoms with Crippen molar-refractivity contribution >= 4 is 23.6 Å². The molecule has 5 nitrogen and oxygen atoms in total. The van der Waals surface area contributed by atoms with E-state index in [1.807, 2.05) is 33.3 Å². The van der Waals surface area contributed by atoms with Crippen molar-refractivity contribution in [2.24, 2.45) is 27.7 Å². The van der Waals surface area contributed by atoms with Crippen LogP contribution in [-0.4, -0.2) is 64.9 Å². The van der Waals surface area contributed by atoms with Crippen LogP contribution in [0.2, 0.25) is 0 Å². The maximum absolute atomic E-state index is 11.5. The number of benzene rings is 1. The Bertz CT molecular complexity index is 1280. The highest BCUT2D eigenvalue weighted by Crippen LogP contribution is 2.81. The van der Waals surface area contributed by atoms with E-state index in [1.54, 1.807) is 0 Å². The number of likely N-dealkylation sites (N-methyl/N-ethyl adjacent to an activating group) is 1. The number of nitrogens with zero attached hydrogens (tertiary/aromatic N) is 2. The molecule has 0 aromatic heterocycles. The predicted octanol–water partition coefficient (Wildman–Crippen LogP) is 5.16. The van der Waals surface area contributed by atoms with Gasteiger partial charge in [0.1, 0.15) is 0 Å². The molecule has 2 heterocycles. The number of rotatable bonds is 4. The molecule has 0 radical (unpaired) electrons. The SMILES string of the molecule is C=Cc1cc(C2=CCC3C2(C)CC=C2C4CC45C(O)C(O)C(N(C)C)CC54CCC23O4)ccc1N=CC. The average Bonchev–Trinajstić information content (AvgIpc) is 3.41. The average molecular weight is 501 g/mol. The molecule has 4 fully saturated rings. The molecule has 9 unspecified atom stereocenters. The van der Waals surface area contributed by atoms with Crippen LogP contribution in [-0.2, 0) is 4.74 Å². The molecule has 1 aromatic rings. The Morgan fingerprint density at radius 3 is 2.70 bits per heavy atom. The maximum atomic E-state index is 11.5. The highest BCUT2D eigenvalue weighted by molar-refractivity contribution is 5.79. The molecule has 0 amide bonds. The van der Waals surface area contributed by atoms with Crippen LogP contribution in [0.1, 0.15) is 63.5 Å². The first-order valence-electron chi connectivity index (χ1n) is 14.1. The van der Waals surface area contributed by atoms with E-state index >= 15 is 0 Å². The quantitative estimate of drug-likeness (QED) is 0.443. The molecule has 2 aliphatic heterocycles. The first-order valence-corrected chi connectivity index (χ1v) is 14.1. The Hall–Kier alpha value is -2.05. The van der Waals surface area contributed by atoms with Gasteiger partial charge in [0.05, 0.1) is 29.1 Å². The van der Waals surface area contributed by atoms with E-state index in [9.17, 15) is 10.2 Å². The van der Waals surface area contributed by atoms with Gasteiger partial charge < -0.3 is 19.8 Å². The van der Waals surface area contributed by atoms with E-state index in [-0.39, 0.29) is 28.1 Å². The first-order chi connectivity index (χ1) is 17.7. The zero-order valence-electron chi connectivity index (χ0n) is 22.6. The second-order valence-electron chi connectivity index (χ2n) is 13.0. The van der Waals surface area contributed by atoms with Gasteiger partial charge in [-0.3, -0.25) is 4.99 Å². The molecule has 2 N–H and O–H groups in total. The number of allylic oxidation sites excluding steroid dienone is 3. The van der Waals surface area contributed by atoms with Gasteiger partial charge in [0.15, 0.2) is 0 Å². The summed E-state index contributed by atoms with van der Waals surface area (Å²) in [4.78, 5) is 6.60. The molecule has 5 heteroatoms. The van der Waals surface area contributed by atoms with Gasteiger partial charge in [-0.2, -0.15) is 0 Å². The summed E-state index contributed by atoms with van der Waals surface area (Å²) in [5.41, 5.74) is 5.20. The minimum Gasteiger partial charge on any atom is -0.390 e. The van der Waals surface area contributed by atoms with Crippen molar-refractivity contribution in [2.45, 2.75) is 81.8 Å². The smallest absolute Gasteiger partial charge is 0.0961 e. The molecule has 6 aliphatic rings. The second kappa shape index (κ2) is 7.53. The fourth-order valence-electron chi connectivity index (χ4n) is 9.77. The van der Waals surface area contributed by atoms with Gasteiger partial charge in [-0.05, 0) is 94.3 Å².